The molecule has 1 N–H and O–H groups in total. The SMILES string of the molecule is CC1CCCCN1S(=O)(=O)c1ccc(C(=O)NCCN2CCN(c3nc4ccc(F)cc4s3)CC2)cc1. The second-order valence-corrected chi connectivity index (χ2v) is 12.6. The van der Waals surface area contributed by atoms with Crippen molar-refractivity contribution in [1.29, 1.82) is 0 Å². The minimum absolute atomic E-state index is 0.00521. The number of piperidine rings is 1. The number of rotatable bonds is 7. The number of fused-ring (bicyclic) bond motifs is 1. The van der Waals surface area contributed by atoms with Gasteiger partial charge in [-0.05, 0) is 62.2 Å². The van der Waals surface area contributed by atoms with Gasteiger partial charge in [0.05, 0.1) is 15.1 Å². The summed E-state index contributed by atoms with van der Waals surface area (Å²) in [6, 6.07) is 10.9. The maximum atomic E-state index is 13.5. The van der Waals surface area contributed by atoms with Gasteiger partial charge >= 0.3 is 0 Å². The standard InChI is InChI=1S/C26H32FN5O3S2/c1-19-4-2-3-12-32(19)37(34,35)22-8-5-20(6-9-22)25(33)28-11-13-30-14-16-31(17-15-30)26-29-23-10-7-21(27)18-24(23)36-26/h5-10,18-19H,2-4,11-17H2,1H3,(H,28,33). The molecule has 0 aliphatic carbocycles. The van der Waals surface area contributed by atoms with Crippen LogP contribution in [0.5, 0.6) is 0 Å². The smallest absolute Gasteiger partial charge is 0.251 e. The number of thiazole rings is 1. The van der Waals surface area contributed by atoms with Crippen molar-refractivity contribution in [3.05, 3.63) is 53.8 Å². The van der Waals surface area contributed by atoms with Gasteiger partial charge in [0.2, 0.25) is 10.0 Å². The molecule has 3 aromatic rings. The van der Waals surface area contributed by atoms with E-state index in [0.717, 1.165) is 67.3 Å². The minimum atomic E-state index is -3.55. The van der Waals surface area contributed by atoms with Crippen molar-refractivity contribution < 1.29 is 17.6 Å². The molecule has 1 aromatic heterocycles. The van der Waals surface area contributed by atoms with E-state index in [0.29, 0.717) is 18.7 Å². The largest absolute Gasteiger partial charge is 0.351 e. The Morgan fingerprint density at radius 2 is 1.84 bits per heavy atom. The Morgan fingerprint density at radius 3 is 2.57 bits per heavy atom. The molecule has 0 radical (unpaired) electrons. The van der Waals surface area contributed by atoms with Gasteiger partial charge in [-0.25, -0.2) is 17.8 Å². The molecule has 2 aliphatic heterocycles. The number of hydrogen-bond donors (Lipinski definition) is 1. The second kappa shape index (κ2) is 11.0. The molecule has 2 saturated heterocycles. The first-order chi connectivity index (χ1) is 17.8. The van der Waals surface area contributed by atoms with E-state index in [9.17, 15) is 17.6 Å². The third-order valence-electron chi connectivity index (χ3n) is 7.16. The number of anilines is 1. The van der Waals surface area contributed by atoms with Gasteiger partial charge in [-0.3, -0.25) is 9.69 Å². The van der Waals surface area contributed by atoms with E-state index in [1.54, 1.807) is 22.5 Å². The summed E-state index contributed by atoms with van der Waals surface area (Å²) in [6.45, 7) is 7.06. The molecule has 37 heavy (non-hydrogen) atoms. The highest BCUT2D eigenvalue weighted by molar-refractivity contribution is 7.89. The van der Waals surface area contributed by atoms with Crippen LogP contribution in [-0.4, -0.2) is 80.4 Å². The number of hydrogen-bond acceptors (Lipinski definition) is 7. The molecule has 5 rings (SSSR count). The van der Waals surface area contributed by atoms with E-state index in [4.69, 9.17) is 0 Å². The number of halogens is 1. The lowest BCUT2D eigenvalue weighted by Crippen LogP contribution is -2.48. The zero-order valence-corrected chi connectivity index (χ0v) is 22.5. The number of carbonyl (C=O) groups excluding carboxylic acids is 1. The van der Waals surface area contributed by atoms with E-state index in [-0.39, 0.29) is 22.7 Å². The fourth-order valence-corrected chi connectivity index (χ4v) is 7.70. The third-order valence-corrected chi connectivity index (χ3v) is 10.3. The average molecular weight is 546 g/mol. The van der Waals surface area contributed by atoms with Crippen LogP contribution in [-0.2, 0) is 10.0 Å². The van der Waals surface area contributed by atoms with Crippen molar-refractivity contribution in [3.8, 4) is 0 Å². The summed E-state index contributed by atoms with van der Waals surface area (Å²) < 4.78 is 41.9. The number of carbonyl (C=O) groups is 1. The predicted octanol–water partition coefficient (Wildman–Crippen LogP) is 3.55. The fraction of sp³-hybridized carbons (Fsp3) is 0.462. The van der Waals surface area contributed by atoms with Crippen LogP contribution in [0.25, 0.3) is 10.2 Å². The maximum Gasteiger partial charge on any atom is 0.251 e. The average Bonchev–Trinajstić information content (AvgIpc) is 3.32. The van der Waals surface area contributed by atoms with Gasteiger partial charge in [-0.1, -0.05) is 17.8 Å². The number of nitrogens with zero attached hydrogens (tertiary/aromatic N) is 4. The lowest BCUT2D eigenvalue weighted by Gasteiger charge is -2.34. The van der Waals surface area contributed by atoms with Crippen molar-refractivity contribution in [2.75, 3.05) is 50.7 Å². The summed E-state index contributed by atoms with van der Waals surface area (Å²) >= 11 is 1.51. The van der Waals surface area contributed by atoms with E-state index in [2.05, 4.69) is 20.1 Å². The Kier molecular flexibility index (Phi) is 7.75. The van der Waals surface area contributed by atoms with Crippen molar-refractivity contribution in [2.45, 2.75) is 37.1 Å². The fourth-order valence-electron chi connectivity index (χ4n) is 4.96. The first kappa shape index (κ1) is 26.0. The second-order valence-electron chi connectivity index (χ2n) is 9.68. The van der Waals surface area contributed by atoms with Gasteiger partial charge in [0.1, 0.15) is 5.82 Å². The summed E-state index contributed by atoms with van der Waals surface area (Å²) in [5.41, 5.74) is 1.26. The highest BCUT2D eigenvalue weighted by Crippen LogP contribution is 2.30. The van der Waals surface area contributed by atoms with Crippen LogP contribution in [0.4, 0.5) is 9.52 Å². The zero-order chi connectivity index (χ0) is 26.0. The summed E-state index contributed by atoms with van der Waals surface area (Å²) in [7, 11) is -3.55. The van der Waals surface area contributed by atoms with Crippen LogP contribution in [0.1, 0.15) is 36.5 Å². The number of amides is 1. The van der Waals surface area contributed by atoms with E-state index >= 15 is 0 Å². The molecule has 1 amide bonds. The molecule has 1 atom stereocenters. The van der Waals surface area contributed by atoms with Crippen molar-refractivity contribution >= 4 is 42.6 Å². The van der Waals surface area contributed by atoms with Gasteiger partial charge in [0, 0.05) is 57.4 Å². The third kappa shape index (κ3) is 5.79. The minimum Gasteiger partial charge on any atom is -0.351 e. The topological polar surface area (TPSA) is 85.8 Å². The molecular formula is C26H32FN5O3S2. The van der Waals surface area contributed by atoms with Crippen LogP contribution in [0, 0.1) is 5.82 Å². The molecule has 198 valence electrons. The van der Waals surface area contributed by atoms with Gasteiger partial charge < -0.3 is 10.2 Å². The first-order valence-corrected chi connectivity index (χ1v) is 15.0. The number of aromatic nitrogens is 1. The highest BCUT2D eigenvalue weighted by atomic mass is 32.2. The van der Waals surface area contributed by atoms with Crippen molar-refractivity contribution in [1.82, 2.24) is 19.5 Å². The number of benzene rings is 2. The number of sulfonamides is 1. The van der Waals surface area contributed by atoms with Gasteiger partial charge in [0.25, 0.3) is 5.91 Å². The predicted molar refractivity (Wildman–Crippen MR) is 144 cm³/mol. The van der Waals surface area contributed by atoms with Crippen molar-refractivity contribution in [2.24, 2.45) is 0 Å². The Bertz CT molecular complexity index is 1350. The molecule has 3 heterocycles. The van der Waals surface area contributed by atoms with Gasteiger partial charge in [-0.2, -0.15) is 4.31 Å². The molecule has 2 aromatic carbocycles. The van der Waals surface area contributed by atoms with Gasteiger partial charge in [0.15, 0.2) is 5.13 Å². The van der Waals surface area contributed by atoms with Crippen LogP contribution in [0.15, 0.2) is 47.4 Å². The Hall–Kier alpha value is -2.60. The molecule has 8 nitrogen and oxygen atoms in total. The summed E-state index contributed by atoms with van der Waals surface area (Å²) in [6.07, 6.45) is 2.80. The van der Waals surface area contributed by atoms with Gasteiger partial charge in [-0.15, -0.1) is 0 Å². The monoisotopic (exact) mass is 545 g/mol. The van der Waals surface area contributed by atoms with Crippen LogP contribution >= 0.6 is 11.3 Å². The molecule has 0 spiro atoms. The lowest BCUT2D eigenvalue weighted by atomic mass is 10.1. The lowest BCUT2D eigenvalue weighted by molar-refractivity contribution is 0.0947. The first-order valence-electron chi connectivity index (χ1n) is 12.7. The Morgan fingerprint density at radius 1 is 1.08 bits per heavy atom. The quantitative estimate of drug-likeness (QED) is 0.489. The molecule has 1 unspecified atom stereocenters. The van der Waals surface area contributed by atoms with E-state index < -0.39 is 10.0 Å². The zero-order valence-electron chi connectivity index (χ0n) is 20.9. The van der Waals surface area contributed by atoms with E-state index in [1.165, 1.54) is 35.6 Å². The van der Waals surface area contributed by atoms with Crippen LogP contribution in [0.3, 0.4) is 0 Å². The normalized spacial score (nSPS) is 19.8. The Balaban J connectivity index is 1.09. The summed E-state index contributed by atoms with van der Waals surface area (Å²) in [5, 5.41) is 3.85. The van der Waals surface area contributed by atoms with Crippen LogP contribution in [0.2, 0.25) is 0 Å². The maximum absolute atomic E-state index is 13.5. The molecule has 11 heteroatoms. The Labute approximate surface area is 221 Å². The number of piperazine rings is 1. The molecule has 0 saturated carbocycles. The number of nitrogens with one attached hydrogen (secondary N) is 1. The molecule has 0 bridgehead atoms. The van der Waals surface area contributed by atoms with E-state index in [1.807, 2.05) is 6.92 Å². The van der Waals surface area contributed by atoms with Crippen molar-refractivity contribution in [3.63, 3.8) is 0 Å². The summed E-state index contributed by atoms with van der Waals surface area (Å²) in [4.78, 5) is 22.0. The molecular weight excluding hydrogens is 513 g/mol. The summed E-state index contributed by atoms with van der Waals surface area (Å²) in [5.74, 6) is -0.460. The molecule has 2 fully saturated rings. The van der Waals surface area contributed by atoms with Crippen LogP contribution < -0.4 is 10.2 Å². The highest BCUT2D eigenvalue weighted by Gasteiger charge is 2.31. The molecule has 2 aliphatic rings.